The average molecular weight is 567 g/mol. The first-order chi connectivity index (χ1) is 16.0. The number of rotatable bonds is 6. The summed E-state index contributed by atoms with van der Waals surface area (Å²) in [4.78, 5) is 28.2. The summed E-state index contributed by atoms with van der Waals surface area (Å²) in [5, 5.41) is 3.33. The summed E-state index contributed by atoms with van der Waals surface area (Å²) in [7, 11) is 2.14. The zero-order valence-electron chi connectivity index (χ0n) is 19.4. The van der Waals surface area contributed by atoms with Crippen LogP contribution in [0.1, 0.15) is 27.9 Å². The summed E-state index contributed by atoms with van der Waals surface area (Å²) < 4.78 is 0.659. The van der Waals surface area contributed by atoms with Crippen molar-refractivity contribution in [3.8, 4) is 0 Å². The maximum Gasteiger partial charge on any atom is 0.319 e. The van der Waals surface area contributed by atoms with Gasteiger partial charge >= 0.3 is 6.03 Å². The first-order valence-electron chi connectivity index (χ1n) is 11.6. The topological polar surface area (TPSA) is 49.4 Å². The summed E-state index contributed by atoms with van der Waals surface area (Å²) in [5.41, 5.74) is 2.35. The molecule has 5 nitrogen and oxygen atoms in total. The molecule has 2 heterocycles. The lowest BCUT2D eigenvalue weighted by molar-refractivity contribution is -0.890. The van der Waals surface area contributed by atoms with Gasteiger partial charge in [0.15, 0.2) is 0 Å². The molecule has 3 aromatic rings. The van der Waals surface area contributed by atoms with Crippen molar-refractivity contribution < 1.29 is 38.0 Å². The van der Waals surface area contributed by atoms with E-state index in [1.807, 2.05) is 71.6 Å². The van der Waals surface area contributed by atoms with Gasteiger partial charge in [0, 0.05) is 12.0 Å². The number of carbonyl (C=O) groups excluding carboxylic acids is 2. The third-order valence-electron chi connectivity index (χ3n) is 7.24. The molecule has 2 saturated heterocycles. The first kappa shape index (κ1) is 24.4. The number of likely N-dealkylation sites (N-methyl/N-ethyl adjacent to an activating group) is 1. The molecule has 2 fully saturated rings. The molecule has 1 N–H and O–H groups in total. The number of nitrogens with zero attached hydrogens (tertiary/aromatic N) is 2. The Balaban J connectivity index is 0.00000274. The number of Topliss-reactive ketones (excluding diaryl/α,β-unsaturated/α-hetero) is 1. The average Bonchev–Trinajstić information content (AvgIpc) is 3.41. The number of hydrogen-bond donors (Lipinski definition) is 1. The fraction of sp³-hybridized carbons (Fsp3) is 0.286. The van der Waals surface area contributed by atoms with Crippen LogP contribution in [0.5, 0.6) is 0 Å². The molecular formula is C28H30IN3O2. The third-order valence-corrected chi connectivity index (χ3v) is 7.24. The second-order valence-electron chi connectivity index (χ2n) is 9.61. The SMILES string of the molecule is C[N+]1(CC(=O)c2ccccc2)CCC(N2CC(c3ccccc3)(c3ccccc3)NC2=O)C1.[I-]. The zero-order valence-corrected chi connectivity index (χ0v) is 21.5. The number of likely N-dealkylation sites (tertiary alicyclic amines) is 1. The van der Waals surface area contributed by atoms with Crippen molar-refractivity contribution in [1.82, 2.24) is 10.2 Å². The Bertz CT molecular complexity index is 1100. The minimum absolute atomic E-state index is 0. The van der Waals surface area contributed by atoms with Crippen molar-refractivity contribution in [2.24, 2.45) is 0 Å². The second kappa shape index (κ2) is 9.88. The van der Waals surface area contributed by atoms with E-state index in [0.717, 1.165) is 36.2 Å². The predicted molar refractivity (Wildman–Crippen MR) is 129 cm³/mol. The van der Waals surface area contributed by atoms with Crippen molar-refractivity contribution in [3.63, 3.8) is 0 Å². The number of urea groups is 1. The standard InChI is InChI=1S/C28H29N3O2.HI/c1-31(20-26(32)22-11-5-2-6-12-22)18-17-25(19-31)30-21-28(29-27(30)33,23-13-7-3-8-14-23)24-15-9-4-10-16-24;/h2-16,25H,17-21H2,1H3;1H. The molecule has 2 unspecified atom stereocenters. The number of hydrogen-bond acceptors (Lipinski definition) is 2. The van der Waals surface area contributed by atoms with Crippen molar-refractivity contribution in [2.45, 2.75) is 18.0 Å². The van der Waals surface area contributed by atoms with E-state index < -0.39 is 5.54 Å². The molecule has 34 heavy (non-hydrogen) atoms. The van der Waals surface area contributed by atoms with E-state index in [2.05, 4.69) is 36.6 Å². The van der Waals surface area contributed by atoms with Crippen molar-refractivity contribution >= 4 is 11.8 Å². The molecule has 6 heteroatoms. The van der Waals surface area contributed by atoms with Crippen LogP contribution < -0.4 is 29.3 Å². The molecular weight excluding hydrogens is 537 g/mol. The third kappa shape index (κ3) is 4.61. The van der Waals surface area contributed by atoms with E-state index in [0.29, 0.717) is 17.6 Å². The lowest BCUT2D eigenvalue weighted by Gasteiger charge is -2.32. The molecule has 3 aromatic carbocycles. The van der Waals surface area contributed by atoms with Crippen molar-refractivity contribution in [1.29, 1.82) is 0 Å². The summed E-state index contributed by atoms with van der Waals surface area (Å²) in [6.07, 6.45) is 0.894. The predicted octanol–water partition coefficient (Wildman–Crippen LogP) is 1.06. The van der Waals surface area contributed by atoms with Gasteiger partial charge in [0.1, 0.15) is 12.1 Å². The number of carbonyl (C=O) groups is 2. The maximum atomic E-state index is 13.3. The smallest absolute Gasteiger partial charge is 0.319 e. The Morgan fingerprint density at radius 1 is 0.941 bits per heavy atom. The van der Waals surface area contributed by atoms with Crippen LogP contribution in [0.2, 0.25) is 0 Å². The fourth-order valence-corrected chi connectivity index (χ4v) is 5.47. The Morgan fingerprint density at radius 3 is 2.03 bits per heavy atom. The normalized spacial score (nSPS) is 23.3. The van der Waals surface area contributed by atoms with Gasteiger partial charge in [-0.1, -0.05) is 91.0 Å². The highest BCUT2D eigenvalue weighted by Crippen LogP contribution is 2.37. The number of nitrogens with one attached hydrogen (secondary N) is 1. The van der Waals surface area contributed by atoms with Gasteiger partial charge in [-0.15, -0.1) is 0 Å². The highest BCUT2D eigenvalue weighted by molar-refractivity contribution is 5.96. The second-order valence-corrected chi connectivity index (χ2v) is 9.61. The summed E-state index contributed by atoms with van der Waals surface area (Å²) in [6, 6.07) is 30.0. The largest absolute Gasteiger partial charge is 1.00 e. The summed E-state index contributed by atoms with van der Waals surface area (Å²) in [5.74, 6) is 0.160. The van der Waals surface area contributed by atoms with Gasteiger partial charge in [0.05, 0.1) is 32.7 Å². The molecule has 0 aromatic heterocycles. The summed E-state index contributed by atoms with van der Waals surface area (Å²) >= 11 is 0. The Morgan fingerprint density at radius 2 is 1.47 bits per heavy atom. The maximum absolute atomic E-state index is 13.3. The molecule has 2 aliphatic heterocycles. The Labute approximate surface area is 218 Å². The molecule has 0 radical (unpaired) electrons. The van der Waals surface area contributed by atoms with Crippen LogP contribution >= 0.6 is 0 Å². The minimum Gasteiger partial charge on any atom is -1.00 e. The van der Waals surface area contributed by atoms with Crippen LogP contribution in [-0.2, 0) is 5.54 Å². The van der Waals surface area contributed by atoms with Crippen molar-refractivity contribution in [3.05, 3.63) is 108 Å². The molecule has 0 saturated carbocycles. The van der Waals surface area contributed by atoms with Crippen LogP contribution in [0.3, 0.4) is 0 Å². The molecule has 176 valence electrons. The van der Waals surface area contributed by atoms with Crippen molar-refractivity contribution in [2.75, 3.05) is 33.2 Å². The number of benzene rings is 3. The summed E-state index contributed by atoms with van der Waals surface area (Å²) in [6.45, 7) is 2.71. The number of halogens is 1. The lowest BCUT2D eigenvalue weighted by Crippen LogP contribution is -3.00. The molecule has 2 aliphatic rings. The van der Waals surface area contributed by atoms with Gasteiger partial charge in [0.25, 0.3) is 0 Å². The fourth-order valence-electron chi connectivity index (χ4n) is 5.47. The highest BCUT2D eigenvalue weighted by Gasteiger charge is 2.50. The van der Waals surface area contributed by atoms with E-state index in [4.69, 9.17) is 0 Å². The van der Waals surface area contributed by atoms with Crippen LogP contribution in [0.25, 0.3) is 0 Å². The van der Waals surface area contributed by atoms with E-state index >= 15 is 0 Å². The Hall–Kier alpha value is -2.71. The van der Waals surface area contributed by atoms with E-state index in [9.17, 15) is 9.59 Å². The molecule has 0 bridgehead atoms. The molecule has 0 aliphatic carbocycles. The monoisotopic (exact) mass is 567 g/mol. The van der Waals surface area contributed by atoms with Crippen LogP contribution in [0.4, 0.5) is 4.79 Å². The number of ketones is 1. The zero-order chi connectivity index (χ0) is 22.9. The molecule has 2 atom stereocenters. The van der Waals surface area contributed by atoms with E-state index in [1.165, 1.54) is 0 Å². The molecule has 2 amide bonds. The lowest BCUT2D eigenvalue weighted by atomic mass is 9.83. The van der Waals surface area contributed by atoms with Crippen LogP contribution in [-0.4, -0.2) is 60.5 Å². The number of amides is 2. The first-order valence-corrected chi connectivity index (χ1v) is 11.6. The van der Waals surface area contributed by atoms with Crippen LogP contribution in [0, 0.1) is 0 Å². The van der Waals surface area contributed by atoms with Crippen LogP contribution in [0.15, 0.2) is 91.0 Å². The van der Waals surface area contributed by atoms with E-state index in [1.54, 1.807) is 0 Å². The van der Waals surface area contributed by atoms with Gasteiger partial charge in [-0.05, 0) is 11.1 Å². The highest BCUT2D eigenvalue weighted by atomic mass is 127. The molecule has 0 spiro atoms. The van der Waals surface area contributed by atoms with Gasteiger partial charge < -0.3 is 38.7 Å². The van der Waals surface area contributed by atoms with Gasteiger partial charge in [-0.2, -0.15) is 0 Å². The Kier molecular flexibility index (Phi) is 7.09. The quantitative estimate of drug-likeness (QED) is 0.275. The molecule has 5 rings (SSSR count). The van der Waals surface area contributed by atoms with Gasteiger partial charge in [-0.25, -0.2) is 4.79 Å². The minimum atomic E-state index is -0.578. The van der Waals surface area contributed by atoms with Gasteiger partial charge in [0.2, 0.25) is 5.78 Å². The van der Waals surface area contributed by atoms with Gasteiger partial charge in [-0.3, -0.25) is 4.79 Å². The van der Waals surface area contributed by atoms with E-state index in [-0.39, 0.29) is 41.8 Å². The number of quaternary nitrogens is 1.